The maximum absolute atomic E-state index is 11.4. The van der Waals surface area contributed by atoms with Crippen molar-refractivity contribution < 1.29 is 9.53 Å². The molecule has 0 aliphatic heterocycles. The van der Waals surface area contributed by atoms with Gasteiger partial charge in [0.05, 0.1) is 12.5 Å². The van der Waals surface area contributed by atoms with E-state index >= 15 is 0 Å². The van der Waals surface area contributed by atoms with Crippen LogP contribution in [0, 0.1) is 5.92 Å². The topological polar surface area (TPSA) is 26.3 Å². The minimum absolute atomic E-state index is 0.0505. The van der Waals surface area contributed by atoms with Crippen LogP contribution in [-0.4, -0.2) is 12.6 Å². The molecule has 0 N–H and O–H groups in total. The van der Waals surface area contributed by atoms with Gasteiger partial charge in [-0.3, -0.25) is 4.79 Å². The van der Waals surface area contributed by atoms with Crippen LogP contribution in [0.1, 0.15) is 24.8 Å². The van der Waals surface area contributed by atoms with E-state index in [1.165, 1.54) is 5.56 Å². The first-order valence-electron chi connectivity index (χ1n) is 5.14. The highest BCUT2D eigenvalue weighted by molar-refractivity contribution is 9.10. The molecule has 2 rings (SSSR count). The Bertz CT molecular complexity index is 358. The molecule has 0 unspecified atom stereocenters. The van der Waals surface area contributed by atoms with Crippen LogP contribution in [0.25, 0.3) is 0 Å². The first-order chi connectivity index (χ1) is 7.22. The molecule has 80 valence electrons. The summed E-state index contributed by atoms with van der Waals surface area (Å²) in [6, 6.07) is 8.15. The van der Waals surface area contributed by atoms with Gasteiger partial charge in [0.1, 0.15) is 0 Å². The molecule has 0 aromatic heterocycles. The molecule has 1 aliphatic rings. The predicted octanol–water partition coefficient (Wildman–Crippen LogP) is 3.12. The van der Waals surface area contributed by atoms with E-state index < -0.39 is 0 Å². The number of carbonyl (C=O) groups is 1. The number of esters is 1. The van der Waals surface area contributed by atoms with E-state index in [9.17, 15) is 4.79 Å². The van der Waals surface area contributed by atoms with Gasteiger partial charge in [-0.1, -0.05) is 28.1 Å². The first kappa shape index (κ1) is 10.7. The smallest absolute Gasteiger partial charge is 0.309 e. The monoisotopic (exact) mass is 268 g/mol. The zero-order valence-electron chi connectivity index (χ0n) is 8.57. The molecule has 1 saturated carbocycles. The van der Waals surface area contributed by atoms with Gasteiger partial charge < -0.3 is 4.74 Å². The maximum Gasteiger partial charge on any atom is 0.309 e. The summed E-state index contributed by atoms with van der Waals surface area (Å²) in [5, 5.41) is 0. The molecule has 0 heterocycles. The molecule has 0 bridgehead atoms. The Balaban J connectivity index is 1.98. The van der Waals surface area contributed by atoms with Crippen molar-refractivity contribution in [3.05, 3.63) is 34.3 Å². The summed E-state index contributed by atoms with van der Waals surface area (Å²) in [5.41, 5.74) is 1.23. The Labute approximate surface area is 97.8 Å². The molecule has 15 heavy (non-hydrogen) atoms. The van der Waals surface area contributed by atoms with Gasteiger partial charge in [0.25, 0.3) is 0 Å². The van der Waals surface area contributed by atoms with E-state index in [1.54, 1.807) is 0 Å². The van der Waals surface area contributed by atoms with Gasteiger partial charge >= 0.3 is 5.97 Å². The van der Waals surface area contributed by atoms with Crippen LogP contribution in [0.15, 0.2) is 28.7 Å². The van der Waals surface area contributed by atoms with Gasteiger partial charge in [-0.05, 0) is 37.0 Å². The zero-order valence-corrected chi connectivity index (χ0v) is 10.2. The lowest BCUT2D eigenvalue weighted by molar-refractivity contribution is -0.144. The van der Waals surface area contributed by atoms with Gasteiger partial charge in [-0.15, -0.1) is 0 Å². The van der Waals surface area contributed by atoms with Gasteiger partial charge in [-0.2, -0.15) is 0 Å². The summed E-state index contributed by atoms with van der Waals surface area (Å²) in [6.07, 6.45) is 0.931. The van der Waals surface area contributed by atoms with Gasteiger partial charge in [0.15, 0.2) is 0 Å². The van der Waals surface area contributed by atoms with E-state index in [-0.39, 0.29) is 11.9 Å². The molecule has 0 saturated heterocycles. The quantitative estimate of drug-likeness (QED) is 0.788. The number of hydrogen-bond acceptors (Lipinski definition) is 2. The molecular weight excluding hydrogens is 256 g/mol. The average Bonchev–Trinajstić information content (AvgIpc) is 2.99. The van der Waals surface area contributed by atoms with Crippen molar-refractivity contribution in [1.29, 1.82) is 0 Å². The van der Waals surface area contributed by atoms with Gasteiger partial charge in [0, 0.05) is 4.47 Å². The summed E-state index contributed by atoms with van der Waals surface area (Å²) in [4.78, 5) is 11.4. The Morgan fingerprint density at radius 1 is 1.47 bits per heavy atom. The van der Waals surface area contributed by atoms with Crippen molar-refractivity contribution in [3.8, 4) is 0 Å². The molecule has 1 fully saturated rings. The molecular formula is C12H13BrO2. The lowest BCUT2D eigenvalue weighted by atomic mass is 10.1. The Kier molecular flexibility index (Phi) is 3.10. The van der Waals surface area contributed by atoms with Crippen LogP contribution in [0.5, 0.6) is 0 Å². The van der Waals surface area contributed by atoms with Crippen molar-refractivity contribution in [2.24, 2.45) is 5.92 Å². The number of ether oxygens (including phenoxy) is 1. The van der Waals surface area contributed by atoms with Crippen LogP contribution in [0.4, 0.5) is 0 Å². The van der Waals surface area contributed by atoms with Crippen molar-refractivity contribution in [2.75, 3.05) is 6.61 Å². The summed E-state index contributed by atoms with van der Waals surface area (Å²) in [6.45, 7) is 2.32. The second-order valence-corrected chi connectivity index (χ2v) is 4.67. The molecule has 0 amide bonds. The molecule has 2 atom stereocenters. The third kappa shape index (κ3) is 2.40. The Morgan fingerprint density at radius 2 is 2.13 bits per heavy atom. The molecule has 1 aliphatic carbocycles. The second kappa shape index (κ2) is 4.35. The SMILES string of the molecule is CCOC(=O)[C@H]1C[C@@H]1c1ccc(Br)cc1. The molecule has 1 aromatic carbocycles. The molecule has 1 aromatic rings. The highest BCUT2D eigenvalue weighted by Gasteiger charge is 2.44. The van der Waals surface area contributed by atoms with Crippen LogP contribution in [0.3, 0.4) is 0 Å². The van der Waals surface area contributed by atoms with Crippen LogP contribution < -0.4 is 0 Å². The number of hydrogen-bond donors (Lipinski definition) is 0. The summed E-state index contributed by atoms with van der Waals surface area (Å²) in [7, 11) is 0. The minimum atomic E-state index is -0.0505. The van der Waals surface area contributed by atoms with Gasteiger partial charge in [-0.25, -0.2) is 0 Å². The Hall–Kier alpha value is -0.830. The fourth-order valence-electron chi connectivity index (χ4n) is 1.78. The summed E-state index contributed by atoms with van der Waals surface area (Å²) < 4.78 is 6.06. The van der Waals surface area contributed by atoms with Gasteiger partial charge in [0.2, 0.25) is 0 Å². The largest absolute Gasteiger partial charge is 0.466 e. The fourth-order valence-corrected chi connectivity index (χ4v) is 2.05. The highest BCUT2D eigenvalue weighted by atomic mass is 79.9. The van der Waals surface area contributed by atoms with Crippen molar-refractivity contribution in [1.82, 2.24) is 0 Å². The van der Waals surface area contributed by atoms with E-state index in [0.717, 1.165) is 10.9 Å². The summed E-state index contributed by atoms with van der Waals surface area (Å²) in [5.74, 6) is 0.411. The second-order valence-electron chi connectivity index (χ2n) is 3.75. The lowest BCUT2D eigenvalue weighted by Crippen LogP contribution is -2.07. The van der Waals surface area contributed by atoms with Crippen LogP contribution in [-0.2, 0) is 9.53 Å². The van der Waals surface area contributed by atoms with E-state index in [0.29, 0.717) is 12.5 Å². The van der Waals surface area contributed by atoms with E-state index in [4.69, 9.17) is 4.74 Å². The van der Waals surface area contributed by atoms with Crippen LogP contribution in [0.2, 0.25) is 0 Å². The van der Waals surface area contributed by atoms with Crippen LogP contribution >= 0.6 is 15.9 Å². The first-order valence-corrected chi connectivity index (χ1v) is 5.93. The number of benzene rings is 1. The van der Waals surface area contributed by atoms with Crippen molar-refractivity contribution in [3.63, 3.8) is 0 Å². The molecule has 0 spiro atoms. The lowest BCUT2D eigenvalue weighted by Gasteiger charge is -2.01. The normalized spacial score (nSPS) is 23.6. The standard InChI is InChI=1S/C12H13BrO2/c1-2-15-12(14)11-7-10(11)8-3-5-9(13)6-4-8/h3-6,10-11H,2,7H2,1H3/t10-,11+/m1/s1. The maximum atomic E-state index is 11.4. The minimum Gasteiger partial charge on any atom is -0.466 e. The van der Waals surface area contributed by atoms with Crippen molar-refractivity contribution in [2.45, 2.75) is 19.3 Å². The van der Waals surface area contributed by atoms with Crippen molar-refractivity contribution >= 4 is 21.9 Å². The average molecular weight is 269 g/mol. The zero-order chi connectivity index (χ0) is 10.8. The molecule has 0 radical (unpaired) electrons. The van der Waals surface area contributed by atoms with E-state index in [2.05, 4.69) is 28.1 Å². The number of carbonyl (C=O) groups excluding carboxylic acids is 1. The van der Waals surface area contributed by atoms with E-state index in [1.807, 2.05) is 19.1 Å². The third-order valence-corrected chi connectivity index (χ3v) is 3.21. The predicted molar refractivity (Wildman–Crippen MR) is 61.6 cm³/mol. The number of halogens is 1. The molecule has 2 nitrogen and oxygen atoms in total. The highest BCUT2D eigenvalue weighted by Crippen LogP contribution is 2.48. The number of rotatable bonds is 3. The summed E-state index contributed by atoms with van der Waals surface area (Å²) >= 11 is 3.39. The Morgan fingerprint density at radius 3 is 2.73 bits per heavy atom. The third-order valence-electron chi connectivity index (χ3n) is 2.68. The molecule has 3 heteroatoms. The fraction of sp³-hybridized carbons (Fsp3) is 0.417.